The number of aliphatic hydroxyl groups is 1. The molecule has 0 aliphatic carbocycles. The molecule has 0 fully saturated rings. The lowest BCUT2D eigenvalue weighted by Crippen LogP contribution is -2.22. The maximum absolute atomic E-state index is 10.4. The third-order valence-electron chi connectivity index (χ3n) is 2.77. The normalized spacial score (nSPS) is 14.5. The summed E-state index contributed by atoms with van der Waals surface area (Å²) in [7, 11) is 0. The van der Waals surface area contributed by atoms with Crippen molar-refractivity contribution in [1.29, 1.82) is 0 Å². The molecule has 0 heterocycles. The first-order valence-electron chi connectivity index (χ1n) is 5.64. The minimum absolute atomic E-state index is 0.758. The van der Waals surface area contributed by atoms with Crippen LogP contribution in [0.25, 0.3) is 0 Å². The molecule has 82 valence electrons. The van der Waals surface area contributed by atoms with Crippen molar-refractivity contribution in [3.8, 4) is 0 Å². The Kier molecular flexibility index (Phi) is 4.57. The predicted octanol–water partition coefficient (Wildman–Crippen LogP) is 3.64. The summed E-state index contributed by atoms with van der Waals surface area (Å²) in [6.45, 7) is 5.90. The Balaban J connectivity index is 2.72. The van der Waals surface area contributed by atoms with Crippen LogP contribution in [0.1, 0.15) is 38.2 Å². The van der Waals surface area contributed by atoms with E-state index in [1.165, 1.54) is 6.42 Å². The molecular weight excluding hydrogens is 184 g/mol. The van der Waals surface area contributed by atoms with Gasteiger partial charge >= 0.3 is 0 Å². The molecular formula is C14H20O. The molecule has 1 aromatic carbocycles. The fraction of sp³-hybridized carbons (Fsp3) is 0.429. The second kappa shape index (κ2) is 5.72. The molecule has 1 aromatic rings. The molecule has 1 rings (SSSR count). The first-order chi connectivity index (χ1) is 7.23. The lowest BCUT2D eigenvalue weighted by molar-refractivity contribution is 0.0769. The Bertz CT molecular complexity index is 291. The van der Waals surface area contributed by atoms with E-state index < -0.39 is 5.60 Å². The molecule has 0 spiro atoms. The van der Waals surface area contributed by atoms with Crippen LogP contribution in [0.3, 0.4) is 0 Å². The highest BCUT2D eigenvalue weighted by Crippen LogP contribution is 2.28. The predicted molar refractivity (Wildman–Crippen MR) is 64.7 cm³/mol. The van der Waals surface area contributed by atoms with E-state index in [2.05, 4.69) is 13.5 Å². The van der Waals surface area contributed by atoms with Gasteiger partial charge in [-0.3, -0.25) is 0 Å². The summed E-state index contributed by atoms with van der Waals surface area (Å²) in [5.41, 5.74) is 0.0901. The molecule has 0 saturated carbocycles. The topological polar surface area (TPSA) is 20.2 Å². The van der Waals surface area contributed by atoms with Crippen LogP contribution in [-0.2, 0) is 5.60 Å². The van der Waals surface area contributed by atoms with Crippen molar-refractivity contribution in [3.63, 3.8) is 0 Å². The first-order valence-corrected chi connectivity index (χ1v) is 5.64. The zero-order chi connectivity index (χ0) is 11.1. The summed E-state index contributed by atoms with van der Waals surface area (Å²) in [6.07, 6.45) is 5.77. The van der Waals surface area contributed by atoms with E-state index in [-0.39, 0.29) is 0 Å². The zero-order valence-corrected chi connectivity index (χ0v) is 9.45. The monoisotopic (exact) mass is 204 g/mol. The molecule has 15 heavy (non-hydrogen) atoms. The molecule has 0 saturated heterocycles. The zero-order valence-electron chi connectivity index (χ0n) is 9.45. The van der Waals surface area contributed by atoms with Crippen molar-refractivity contribution in [1.82, 2.24) is 0 Å². The summed E-state index contributed by atoms with van der Waals surface area (Å²) >= 11 is 0. The molecule has 0 aliphatic rings. The van der Waals surface area contributed by atoms with Gasteiger partial charge in [0.15, 0.2) is 0 Å². The van der Waals surface area contributed by atoms with Crippen LogP contribution < -0.4 is 0 Å². The molecule has 1 N–H and O–H groups in total. The van der Waals surface area contributed by atoms with Crippen molar-refractivity contribution in [2.24, 2.45) is 0 Å². The summed E-state index contributed by atoms with van der Waals surface area (Å²) in [5, 5.41) is 10.4. The molecule has 0 aromatic heterocycles. The molecule has 0 bridgehead atoms. The van der Waals surface area contributed by atoms with Gasteiger partial charge in [-0.05, 0) is 18.4 Å². The van der Waals surface area contributed by atoms with Gasteiger partial charge in [-0.15, -0.1) is 0 Å². The van der Waals surface area contributed by atoms with Crippen molar-refractivity contribution in [3.05, 3.63) is 48.6 Å². The van der Waals surface area contributed by atoms with Gasteiger partial charge in [-0.1, -0.05) is 62.8 Å². The number of benzene rings is 1. The largest absolute Gasteiger partial charge is 0.381 e. The van der Waals surface area contributed by atoms with Gasteiger partial charge in [0.1, 0.15) is 5.60 Å². The lowest BCUT2D eigenvalue weighted by atomic mass is 9.88. The molecule has 1 atom stereocenters. The van der Waals surface area contributed by atoms with Crippen LogP contribution in [0.2, 0.25) is 0 Å². The van der Waals surface area contributed by atoms with Gasteiger partial charge in [0.25, 0.3) is 0 Å². The minimum atomic E-state index is -0.851. The maximum atomic E-state index is 10.4. The van der Waals surface area contributed by atoms with Crippen molar-refractivity contribution >= 4 is 0 Å². The smallest absolute Gasteiger partial charge is 0.107 e. The summed E-state index contributed by atoms with van der Waals surface area (Å²) < 4.78 is 0. The molecule has 1 heteroatoms. The van der Waals surface area contributed by atoms with Gasteiger partial charge < -0.3 is 5.11 Å². The van der Waals surface area contributed by atoms with Gasteiger partial charge in [0.05, 0.1) is 0 Å². The van der Waals surface area contributed by atoms with Gasteiger partial charge in [0.2, 0.25) is 0 Å². The fourth-order valence-electron chi connectivity index (χ4n) is 1.74. The van der Waals surface area contributed by atoms with E-state index in [4.69, 9.17) is 0 Å². The van der Waals surface area contributed by atoms with Crippen molar-refractivity contribution < 1.29 is 5.11 Å². The number of unbranched alkanes of at least 4 members (excludes halogenated alkanes) is 2. The standard InChI is InChI=1S/C14H20O/c1-3-5-9-12-14(15,4-2)13-10-7-6-8-11-13/h4,6-8,10-11,15H,2-3,5,9,12H2,1H3. The number of hydrogen-bond acceptors (Lipinski definition) is 1. The number of hydrogen-bond donors (Lipinski definition) is 1. The Hall–Kier alpha value is -1.08. The summed E-state index contributed by atoms with van der Waals surface area (Å²) in [6, 6.07) is 9.76. The average Bonchev–Trinajstić information content (AvgIpc) is 2.30. The highest BCUT2D eigenvalue weighted by atomic mass is 16.3. The SMILES string of the molecule is C=CC(O)(CCCCC)c1ccccc1. The fourth-order valence-corrected chi connectivity index (χ4v) is 1.74. The van der Waals surface area contributed by atoms with Crippen molar-refractivity contribution in [2.75, 3.05) is 0 Å². The van der Waals surface area contributed by atoms with E-state index in [0.717, 1.165) is 24.8 Å². The van der Waals surface area contributed by atoms with Crippen LogP contribution in [0.5, 0.6) is 0 Å². The molecule has 1 unspecified atom stereocenters. The lowest BCUT2D eigenvalue weighted by Gasteiger charge is -2.24. The molecule has 1 nitrogen and oxygen atoms in total. The number of rotatable bonds is 6. The molecule has 0 aliphatic heterocycles. The Morgan fingerprint density at radius 3 is 2.47 bits per heavy atom. The Labute approximate surface area is 92.5 Å². The Morgan fingerprint density at radius 1 is 1.27 bits per heavy atom. The average molecular weight is 204 g/mol. The molecule has 0 radical (unpaired) electrons. The van der Waals surface area contributed by atoms with E-state index >= 15 is 0 Å². The van der Waals surface area contributed by atoms with E-state index in [1.54, 1.807) is 6.08 Å². The summed E-state index contributed by atoms with van der Waals surface area (Å²) in [4.78, 5) is 0. The molecule has 0 amide bonds. The second-order valence-electron chi connectivity index (χ2n) is 3.95. The van der Waals surface area contributed by atoms with E-state index in [9.17, 15) is 5.11 Å². The minimum Gasteiger partial charge on any atom is -0.381 e. The highest BCUT2D eigenvalue weighted by Gasteiger charge is 2.23. The highest BCUT2D eigenvalue weighted by molar-refractivity contribution is 5.26. The Morgan fingerprint density at radius 2 is 1.93 bits per heavy atom. The summed E-state index contributed by atoms with van der Waals surface area (Å²) in [5.74, 6) is 0. The van der Waals surface area contributed by atoms with Gasteiger partial charge in [-0.2, -0.15) is 0 Å². The third-order valence-corrected chi connectivity index (χ3v) is 2.77. The van der Waals surface area contributed by atoms with Crippen LogP contribution in [0.15, 0.2) is 43.0 Å². The van der Waals surface area contributed by atoms with Crippen LogP contribution in [0, 0.1) is 0 Å². The quantitative estimate of drug-likeness (QED) is 0.554. The van der Waals surface area contributed by atoms with Crippen LogP contribution in [0.4, 0.5) is 0 Å². The van der Waals surface area contributed by atoms with E-state index in [1.807, 2.05) is 30.3 Å². The maximum Gasteiger partial charge on any atom is 0.107 e. The second-order valence-corrected chi connectivity index (χ2v) is 3.95. The first kappa shape index (κ1) is 12.0. The van der Waals surface area contributed by atoms with E-state index in [0.29, 0.717) is 0 Å². The van der Waals surface area contributed by atoms with Crippen molar-refractivity contribution in [2.45, 2.75) is 38.2 Å². The van der Waals surface area contributed by atoms with Crippen LogP contribution >= 0.6 is 0 Å². The van der Waals surface area contributed by atoms with Crippen LogP contribution in [-0.4, -0.2) is 5.11 Å². The van der Waals surface area contributed by atoms with Gasteiger partial charge in [-0.25, -0.2) is 0 Å². The van der Waals surface area contributed by atoms with Gasteiger partial charge in [0, 0.05) is 0 Å². The third kappa shape index (κ3) is 3.21.